The molecule has 21 heavy (non-hydrogen) atoms. The maximum atomic E-state index is 12.9. The smallest absolute Gasteiger partial charge is 0.123 e. The summed E-state index contributed by atoms with van der Waals surface area (Å²) < 4.78 is 12.9. The van der Waals surface area contributed by atoms with Crippen LogP contribution in [0.5, 0.6) is 0 Å². The SMILES string of the molecule is C=C(Cc1ccc(F)cc1)c1cc(C)c(N=CC)cc1C. The van der Waals surface area contributed by atoms with Gasteiger partial charge in [-0.3, -0.25) is 4.99 Å². The molecule has 0 bridgehead atoms. The Balaban J connectivity index is 2.27. The van der Waals surface area contributed by atoms with Crippen molar-refractivity contribution in [2.75, 3.05) is 0 Å². The molecule has 0 saturated heterocycles. The zero-order valence-corrected chi connectivity index (χ0v) is 12.8. The van der Waals surface area contributed by atoms with Crippen LogP contribution in [0.4, 0.5) is 10.1 Å². The van der Waals surface area contributed by atoms with Crippen LogP contribution in [0.3, 0.4) is 0 Å². The Bertz CT molecular complexity index is 681. The van der Waals surface area contributed by atoms with Crippen LogP contribution >= 0.6 is 0 Å². The van der Waals surface area contributed by atoms with Gasteiger partial charge in [-0.05, 0) is 79.3 Å². The molecule has 108 valence electrons. The molecule has 0 aromatic heterocycles. The summed E-state index contributed by atoms with van der Waals surface area (Å²) in [4.78, 5) is 4.36. The molecule has 0 heterocycles. The van der Waals surface area contributed by atoms with E-state index in [-0.39, 0.29) is 5.82 Å². The van der Waals surface area contributed by atoms with E-state index in [9.17, 15) is 4.39 Å². The van der Waals surface area contributed by atoms with Crippen molar-refractivity contribution in [2.24, 2.45) is 4.99 Å². The number of benzene rings is 2. The summed E-state index contributed by atoms with van der Waals surface area (Å²) in [5.74, 6) is -0.210. The standard InChI is InChI=1S/C19H20FN/c1-5-21-19-12-14(3)18(11-15(19)4)13(2)10-16-6-8-17(20)9-7-16/h5-9,11-12H,2,10H2,1,3-4H3. The van der Waals surface area contributed by atoms with Crippen LogP contribution in [-0.2, 0) is 6.42 Å². The molecule has 0 N–H and O–H groups in total. The fourth-order valence-corrected chi connectivity index (χ4v) is 2.40. The Morgan fingerprint density at radius 1 is 1.14 bits per heavy atom. The third-order valence-electron chi connectivity index (χ3n) is 3.52. The second kappa shape index (κ2) is 6.49. The Morgan fingerprint density at radius 3 is 2.43 bits per heavy atom. The van der Waals surface area contributed by atoms with Gasteiger partial charge in [0.05, 0.1) is 5.69 Å². The third-order valence-corrected chi connectivity index (χ3v) is 3.52. The summed E-state index contributed by atoms with van der Waals surface area (Å²) in [5.41, 5.74) is 6.53. The number of aryl methyl sites for hydroxylation is 2. The van der Waals surface area contributed by atoms with E-state index in [0.717, 1.165) is 39.9 Å². The average Bonchev–Trinajstić information content (AvgIpc) is 2.45. The van der Waals surface area contributed by atoms with Gasteiger partial charge in [0.2, 0.25) is 0 Å². The number of halogens is 1. The monoisotopic (exact) mass is 281 g/mol. The first-order valence-corrected chi connectivity index (χ1v) is 7.03. The van der Waals surface area contributed by atoms with Gasteiger partial charge in [-0.15, -0.1) is 0 Å². The first-order valence-electron chi connectivity index (χ1n) is 7.03. The van der Waals surface area contributed by atoms with Crippen molar-refractivity contribution in [3.05, 3.63) is 71.0 Å². The zero-order valence-electron chi connectivity index (χ0n) is 12.8. The molecule has 0 fully saturated rings. The average molecular weight is 281 g/mol. The summed E-state index contributed by atoms with van der Waals surface area (Å²) in [6.07, 6.45) is 2.52. The van der Waals surface area contributed by atoms with Crippen molar-refractivity contribution in [2.45, 2.75) is 27.2 Å². The predicted octanol–water partition coefficient (Wildman–Crippen LogP) is 5.42. The van der Waals surface area contributed by atoms with Gasteiger partial charge in [-0.25, -0.2) is 4.39 Å². The van der Waals surface area contributed by atoms with Crippen molar-refractivity contribution in [3.8, 4) is 0 Å². The van der Waals surface area contributed by atoms with Crippen LogP contribution in [0, 0.1) is 19.7 Å². The van der Waals surface area contributed by atoms with Gasteiger partial charge in [0.25, 0.3) is 0 Å². The number of hydrogen-bond acceptors (Lipinski definition) is 1. The normalized spacial score (nSPS) is 11.0. The first kappa shape index (κ1) is 15.2. The molecule has 2 rings (SSSR count). The minimum absolute atomic E-state index is 0.210. The molecule has 2 aromatic carbocycles. The van der Waals surface area contributed by atoms with E-state index in [1.807, 2.05) is 6.92 Å². The second-order valence-corrected chi connectivity index (χ2v) is 5.25. The van der Waals surface area contributed by atoms with Crippen molar-refractivity contribution < 1.29 is 4.39 Å². The topological polar surface area (TPSA) is 12.4 Å². The molecule has 2 aromatic rings. The van der Waals surface area contributed by atoms with E-state index in [4.69, 9.17) is 0 Å². The molecule has 2 heteroatoms. The third kappa shape index (κ3) is 3.66. The highest BCUT2D eigenvalue weighted by Crippen LogP contribution is 2.28. The zero-order chi connectivity index (χ0) is 15.4. The number of nitrogens with zero attached hydrogens (tertiary/aromatic N) is 1. The number of allylic oxidation sites excluding steroid dienone is 1. The number of hydrogen-bond donors (Lipinski definition) is 0. The van der Waals surface area contributed by atoms with Crippen LogP contribution in [0.1, 0.15) is 29.2 Å². The fraction of sp³-hybridized carbons (Fsp3) is 0.211. The van der Waals surface area contributed by atoms with E-state index in [1.165, 1.54) is 12.1 Å². The largest absolute Gasteiger partial charge is 0.261 e. The summed E-state index contributed by atoms with van der Waals surface area (Å²) in [6, 6.07) is 10.8. The van der Waals surface area contributed by atoms with E-state index in [0.29, 0.717) is 0 Å². The summed E-state index contributed by atoms with van der Waals surface area (Å²) in [6.45, 7) is 10.2. The van der Waals surface area contributed by atoms with Gasteiger partial charge in [-0.1, -0.05) is 18.7 Å². The van der Waals surface area contributed by atoms with E-state index >= 15 is 0 Å². The first-order chi connectivity index (χ1) is 10.0. The molecule has 0 aliphatic carbocycles. The lowest BCUT2D eigenvalue weighted by Crippen LogP contribution is -1.94. The molecule has 0 amide bonds. The lowest BCUT2D eigenvalue weighted by molar-refractivity contribution is 0.627. The van der Waals surface area contributed by atoms with Gasteiger partial charge >= 0.3 is 0 Å². The predicted molar refractivity (Wildman–Crippen MR) is 88.9 cm³/mol. The van der Waals surface area contributed by atoms with Crippen LogP contribution in [0.2, 0.25) is 0 Å². The second-order valence-electron chi connectivity index (χ2n) is 5.25. The summed E-state index contributed by atoms with van der Waals surface area (Å²) >= 11 is 0. The Kier molecular flexibility index (Phi) is 4.69. The van der Waals surface area contributed by atoms with Crippen LogP contribution in [0.15, 0.2) is 48.0 Å². The Morgan fingerprint density at radius 2 is 1.81 bits per heavy atom. The lowest BCUT2D eigenvalue weighted by Gasteiger charge is -2.12. The van der Waals surface area contributed by atoms with Crippen LogP contribution in [0.25, 0.3) is 5.57 Å². The molecule has 0 unspecified atom stereocenters. The van der Waals surface area contributed by atoms with Crippen molar-refractivity contribution in [1.82, 2.24) is 0 Å². The summed E-state index contributed by atoms with van der Waals surface area (Å²) in [5, 5.41) is 0. The molecule has 0 radical (unpaired) electrons. The van der Waals surface area contributed by atoms with E-state index < -0.39 is 0 Å². The van der Waals surface area contributed by atoms with Gasteiger partial charge in [0.1, 0.15) is 5.82 Å². The fourth-order valence-electron chi connectivity index (χ4n) is 2.40. The quantitative estimate of drug-likeness (QED) is 0.663. The highest BCUT2D eigenvalue weighted by Gasteiger charge is 2.08. The minimum Gasteiger partial charge on any atom is -0.261 e. The highest BCUT2D eigenvalue weighted by atomic mass is 19.1. The van der Waals surface area contributed by atoms with Gasteiger partial charge in [-0.2, -0.15) is 0 Å². The molecular formula is C19H20FN. The van der Waals surface area contributed by atoms with Crippen molar-refractivity contribution in [1.29, 1.82) is 0 Å². The van der Waals surface area contributed by atoms with Crippen molar-refractivity contribution in [3.63, 3.8) is 0 Å². The maximum absolute atomic E-state index is 12.9. The minimum atomic E-state index is -0.210. The molecule has 0 spiro atoms. The van der Waals surface area contributed by atoms with Gasteiger partial charge in [0, 0.05) is 6.21 Å². The molecule has 1 nitrogen and oxygen atoms in total. The highest BCUT2D eigenvalue weighted by molar-refractivity contribution is 5.72. The van der Waals surface area contributed by atoms with Crippen LogP contribution in [-0.4, -0.2) is 6.21 Å². The maximum Gasteiger partial charge on any atom is 0.123 e. The number of aliphatic imine (C=N–C) groups is 1. The summed E-state index contributed by atoms with van der Waals surface area (Å²) in [7, 11) is 0. The van der Waals surface area contributed by atoms with Gasteiger partial charge < -0.3 is 0 Å². The Hall–Kier alpha value is -2.22. The van der Waals surface area contributed by atoms with Crippen molar-refractivity contribution >= 4 is 17.5 Å². The number of rotatable bonds is 4. The van der Waals surface area contributed by atoms with E-state index in [1.54, 1.807) is 18.3 Å². The molecule has 0 atom stereocenters. The van der Waals surface area contributed by atoms with Crippen LogP contribution < -0.4 is 0 Å². The molecule has 0 aliphatic rings. The Labute approximate surface area is 125 Å². The van der Waals surface area contributed by atoms with Gasteiger partial charge in [0.15, 0.2) is 0 Å². The molecule has 0 aliphatic heterocycles. The van der Waals surface area contributed by atoms with E-state index in [2.05, 4.69) is 37.6 Å². The molecular weight excluding hydrogens is 261 g/mol. The lowest BCUT2D eigenvalue weighted by atomic mass is 9.94. The molecule has 0 saturated carbocycles.